The van der Waals surface area contributed by atoms with Crippen molar-refractivity contribution in [2.75, 3.05) is 13.7 Å². The van der Waals surface area contributed by atoms with Crippen LogP contribution >= 0.6 is 0 Å². The Bertz CT molecular complexity index is 196. The molecule has 0 N–H and O–H groups in total. The lowest BCUT2D eigenvalue weighted by Crippen LogP contribution is -2.11. The summed E-state index contributed by atoms with van der Waals surface area (Å²) in [5, 5.41) is 0. The average Bonchev–Trinajstić information content (AvgIpc) is 1.85. The smallest absolute Gasteiger partial charge is 0.246 e. The summed E-state index contributed by atoms with van der Waals surface area (Å²) in [6, 6.07) is 0. The first kappa shape index (κ1) is 11.8. The van der Waals surface area contributed by atoms with Crippen molar-refractivity contribution in [3.63, 3.8) is 0 Å². The van der Waals surface area contributed by atoms with Crippen LogP contribution in [0.1, 0.15) is 20.3 Å². The SMILES string of the molecule is COOS(=O)(=O)OCCC(C)C. The van der Waals surface area contributed by atoms with Gasteiger partial charge in [0.1, 0.15) is 0 Å². The fourth-order valence-corrected chi connectivity index (χ4v) is 0.995. The molecule has 0 fully saturated rings. The van der Waals surface area contributed by atoms with E-state index in [-0.39, 0.29) is 6.61 Å². The minimum absolute atomic E-state index is 0.114. The molecule has 0 radical (unpaired) electrons. The van der Waals surface area contributed by atoms with E-state index < -0.39 is 10.4 Å². The van der Waals surface area contributed by atoms with Gasteiger partial charge < -0.3 is 0 Å². The van der Waals surface area contributed by atoms with Crippen LogP contribution in [0.3, 0.4) is 0 Å². The molecule has 0 aliphatic carbocycles. The van der Waals surface area contributed by atoms with Gasteiger partial charge in [0.15, 0.2) is 0 Å². The molecule has 12 heavy (non-hydrogen) atoms. The minimum atomic E-state index is -3.95. The van der Waals surface area contributed by atoms with Gasteiger partial charge in [-0.2, -0.15) is 8.42 Å². The Morgan fingerprint density at radius 1 is 1.33 bits per heavy atom. The highest BCUT2D eigenvalue weighted by molar-refractivity contribution is 7.81. The van der Waals surface area contributed by atoms with E-state index in [9.17, 15) is 8.42 Å². The zero-order chi connectivity index (χ0) is 9.61. The monoisotopic (exact) mass is 198 g/mol. The summed E-state index contributed by atoms with van der Waals surface area (Å²) in [4.78, 5) is 3.95. The third-order valence-electron chi connectivity index (χ3n) is 1.07. The Kier molecular flexibility index (Phi) is 5.39. The van der Waals surface area contributed by atoms with Gasteiger partial charge in [0.2, 0.25) is 0 Å². The highest BCUT2D eigenvalue weighted by Crippen LogP contribution is 2.02. The topological polar surface area (TPSA) is 61.8 Å². The Morgan fingerprint density at radius 2 is 1.92 bits per heavy atom. The first-order valence-corrected chi connectivity index (χ1v) is 4.93. The molecule has 0 atom stereocenters. The molecule has 0 rings (SSSR count). The van der Waals surface area contributed by atoms with Crippen molar-refractivity contribution in [1.29, 1.82) is 0 Å². The minimum Gasteiger partial charge on any atom is -0.246 e. The first-order valence-electron chi connectivity index (χ1n) is 3.59. The predicted molar refractivity (Wildman–Crippen MR) is 42.4 cm³/mol. The van der Waals surface area contributed by atoms with E-state index in [4.69, 9.17) is 0 Å². The second-order valence-corrected chi connectivity index (χ2v) is 3.84. The van der Waals surface area contributed by atoms with E-state index in [1.54, 1.807) is 0 Å². The third-order valence-corrected chi connectivity index (χ3v) is 1.83. The third kappa shape index (κ3) is 6.53. The lowest BCUT2D eigenvalue weighted by atomic mass is 10.2. The molecule has 0 saturated heterocycles. The van der Waals surface area contributed by atoms with E-state index in [1.165, 1.54) is 0 Å². The Morgan fingerprint density at radius 3 is 2.33 bits per heavy atom. The highest BCUT2D eigenvalue weighted by atomic mass is 32.3. The molecular formula is C6H14O5S. The second-order valence-electron chi connectivity index (χ2n) is 2.65. The van der Waals surface area contributed by atoms with Gasteiger partial charge in [-0.3, -0.25) is 0 Å². The van der Waals surface area contributed by atoms with Gasteiger partial charge in [0, 0.05) is 0 Å². The van der Waals surface area contributed by atoms with Crippen molar-refractivity contribution in [3.8, 4) is 0 Å². The highest BCUT2D eigenvalue weighted by Gasteiger charge is 2.11. The van der Waals surface area contributed by atoms with Crippen molar-refractivity contribution in [1.82, 2.24) is 0 Å². The van der Waals surface area contributed by atoms with E-state index in [1.807, 2.05) is 13.8 Å². The predicted octanol–water partition coefficient (Wildman–Crippen LogP) is 0.872. The summed E-state index contributed by atoms with van der Waals surface area (Å²) in [6.45, 7) is 4.05. The maximum Gasteiger partial charge on any atom is 0.426 e. The van der Waals surface area contributed by atoms with E-state index in [0.717, 1.165) is 7.11 Å². The van der Waals surface area contributed by atoms with E-state index in [0.29, 0.717) is 12.3 Å². The Labute approximate surface area is 72.9 Å². The van der Waals surface area contributed by atoms with Gasteiger partial charge in [-0.15, -0.1) is 0 Å². The van der Waals surface area contributed by atoms with Crippen molar-refractivity contribution in [3.05, 3.63) is 0 Å². The van der Waals surface area contributed by atoms with Crippen LogP contribution < -0.4 is 0 Å². The summed E-state index contributed by atoms with van der Waals surface area (Å²) in [5.74, 6) is 0.391. The van der Waals surface area contributed by atoms with Crippen molar-refractivity contribution in [2.24, 2.45) is 5.92 Å². The summed E-state index contributed by atoms with van der Waals surface area (Å²) in [6.07, 6.45) is 0.659. The zero-order valence-electron chi connectivity index (χ0n) is 7.44. The van der Waals surface area contributed by atoms with Gasteiger partial charge >= 0.3 is 10.4 Å². The van der Waals surface area contributed by atoms with Gasteiger partial charge in [-0.25, -0.2) is 9.07 Å². The first-order chi connectivity index (χ1) is 5.48. The Balaban J connectivity index is 3.62. The normalized spacial score (nSPS) is 12.3. The lowest BCUT2D eigenvalue weighted by Gasteiger charge is -2.04. The molecule has 5 nitrogen and oxygen atoms in total. The zero-order valence-corrected chi connectivity index (χ0v) is 8.26. The molecule has 6 heteroatoms. The summed E-state index contributed by atoms with van der Waals surface area (Å²) < 4.78 is 29.6. The molecule has 0 aliphatic rings. The molecular weight excluding hydrogens is 184 g/mol. The maximum atomic E-state index is 10.6. The summed E-state index contributed by atoms with van der Waals surface area (Å²) in [7, 11) is -2.85. The van der Waals surface area contributed by atoms with Crippen LogP contribution in [-0.4, -0.2) is 22.1 Å². The molecule has 0 aromatic carbocycles. The molecule has 0 unspecified atom stereocenters. The van der Waals surface area contributed by atoms with Gasteiger partial charge in [-0.1, -0.05) is 18.2 Å². The average molecular weight is 198 g/mol. The standard InChI is InChI=1S/C6H14O5S/c1-6(2)4-5-10-12(7,8)11-9-3/h6H,4-5H2,1-3H3. The second kappa shape index (κ2) is 5.47. The number of hydrogen-bond acceptors (Lipinski definition) is 5. The summed E-state index contributed by atoms with van der Waals surface area (Å²) >= 11 is 0. The van der Waals surface area contributed by atoms with Crippen molar-refractivity contribution < 1.29 is 21.8 Å². The molecule has 0 spiro atoms. The van der Waals surface area contributed by atoms with Crippen LogP contribution in [0.25, 0.3) is 0 Å². The van der Waals surface area contributed by atoms with Crippen LogP contribution in [0.5, 0.6) is 0 Å². The molecule has 0 bridgehead atoms. The van der Waals surface area contributed by atoms with Gasteiger partial charge in [-0.05, 0) is 12.3 Å². The van der Waals surface area contributed by atoms with Crippen LogP contribution in [0.2, 0.25) is 0 Å². The molecule has 0 aliphatic heterocycles. The fourth-order valence-electron chi connectivity index (χ4n) is 0.489. The van der Waals surface area contributed by atoms with Crippen molar-refractivity contribution in [2.45, 2.75) is 20.3 Å². The lowest BCUT2D eigenvalue weighted by molar-refractivity contribution is -0.181. The van der Waals surface area contributed by atoms with Crippen molar-refractivity contribution >= 4 is 10.4 Å². The number of rotatable bonds is 6. The Hall–Kier alpha value is -0.170. The fraction of sp³-hybridized carbons (Fsp3) is 1.00. The number of hydrogen-bond donors (Lipinski definition) is 0. The largest absolute Gasteiger partial charge is 0.426 e. The van der Waals surface area contributed by atoms with Gasteiger partial charge in [0.05, 0.1) is 13.7 Å². The van der Waals surface area contributed by atoms with Crippen LogP contribution in [-0.2, 0) is 23.8 Å². The van der Waals surface area contributed by atoms with Crippen LogP contribution in [0, 0.1) is 5.92 Å². The molecule has 0 heterocycles. The molecule has 0 saturated carbocycles. The van der Waals surface area contributed by atoms with Crippen LogP contribution in [0.15, 0.2) is 0 Å². The maximum absolute atomic E-state index is 10.6. The molecule has 0 aromatic rings. The summed E-state index contributed by atoms with van der Waals surface area (Å²) in [5.41, 5.74) is 0. The molecule has 0 aromatic heterocycles. The quantitative estimate of drug-likeness (QED) is 0.468. The molecule has 0 amide bonds. The van der Waals surface area contributed by atoms with E-state index >= 15 is 0 Å². The van der Waals surface area contributed by atoms with E-state index in [2.05, 4.69) is 13.4 Å². The van der Waals surface area contributed by atoms with Gasteiger partial charge in [0.25, 0.3) is 0 Å². The molecule has 74 valence electrons. The van der Waals surface area contributed by atoms with Crippen LogP contribution in [0.4, 0.5) is 0 Å².